The zero-order chi connectivity index (χ0) is 47.5. The van der Waals surface area contributed by atoms with Crippen LogP contribution in [0, 0.1) is 0 Å². The first kappa shape index (κ1) is 42.3. The third kappa shape index (κ3) is 6.91. The molecular formula is C70H51N. The molecule has 0 N–H and O–H groups in total. The molecule has 0 atom stereocenters. The van der Waals surface area contributed by atoms with Crippen LogP contribution < -0.4 is 4.90 Å². The molecule has 0 heterocycles. The Morgan fingerprint density at radius 3 is 1.32 bits per heavy atom. The van der Waals surface area contributed by atoms with Crippen molar-refractivity contribution >= 4 is 17.1 Å². The molecule has 0 bridgehead atoms. The molecule has 0 radical (unpaired) electrons. The molecule has 0 spiro atoms. The molecule has 1 nitrogen and oxygen atoms in total. The predicted molar refractivity (Wildman–Crippen MR) is 298 cm³/mol. The minimum atomic E-state index is -0.520. The molecule has 336 valence electrons. The molecule has 71 heavy (non-hydrogen) atoms. The van der Waals surface area contributed by atoms with Crippen LogP contribution >= 0.6 is 0 Å². The highest BCUT2D eigenvalue weighted by molar-refractivity contribution is 5.97. The smallest absolute Gasteiger partial charge is 0.0714 e. The van der Waals surface area contributed by atoms with Gasteiger partial charge in [-0.25, -0.2) is 0 Å². The molecule has 2 aliphatic rings. The average Bonchev–Trinajstić information content (AvgIpc) is 3.88. The second kappa shape index (κ2) is 17.0. The topological polar surface area (TPSA) is 3.24 Å². The van der Waals surface area contributed by atoms with Gasteiger partial charge in [0.05, 0.1) is 5.41 Å². The maximum Gasteiger partial charge on any atom is 0.0714 e. The Morgan fingerprint density at radius 2 is 0.676 bits per heavy atom. The highest BCUT2D eigenvalue weighted by atomic mass is 15.1. The van der Waals surface area contributed by atoms with Crippen molar-refractivity contribution in [3.63, 3.8) is 0 Å². The van der Waals surface area contributed by atoms with E-state index < -0.39 is 5.41 Å². The van der Waals surface area contributed by atoms with Crippen molar-refractivity contribution in [1.82, 2.24) is 0 Å². The lowest BCUT2D eigenvalue weighted by Gasteiger charge is -2.34. The second-order valence-corrected chi connectivity index (χ2v) is 19.6. The van der Waals surface area contributed by atoms with Gasteiger partial charge in [-0.05, 0) is 149 Å². The number of benzene rings is 11. The van der Waals surface area contributed by atoms with Crippen LogP contribution in [0.2, 0.25) is 0 Å². The summed E-state index contributed by atoms with van der Waals surface area (Å²) in [6.45, 7) is 4.71. The van der Waals surface area contributed by atoms with Crippen LogP contribution in [-0.4, -0.2) is 0 Å². The first-order chi connectivity index (χ1) is 35.0. The minimum absolute atomic E-state index is 0.113. The summed E-state index contributed by atoms with van der Waals surface area (Å²) >= 11 is 0. The largest absolute Gasteiger partial charge is 0.310 e. The number of nitrogens with zero attached hydrogens (tertiary/aromatic N) is 1. The first-order valence-corrected chi connectivity index (χ1v) is 24.8. The fourth-order valence-electron chi connectivity index (χ4n) is 12.0. The fraction of sp³-hybridized carbons (Fsp3) is 0.0571. The molecule has 1 heteroatoms. The lowest BCUT2D eigenvalue weighted by Crippen LogP contribution is -2.28. The van der Waals surface area contributed by atoms with Gasteiger partial charge in [0.2, 0.25) is 0 Å². The molecule has 0 aromatic heterocycles. The van der Waals surface area contributed by atoms with Crippen molar-refractivity contribution in [2.75, 3.05) is 4.90 Å². The van der Waals surface area contributed by atoms with Crippen LogP contribution in [0.5, 0.6) is 0 Å². The number of fused-ring (bicyclic) bond motifs is 6. The van der Waals surface area contributed by atoms with Crippen LogP contribution in [0.1, 0.15) is 47.2 Å². The summed E-state index contributed by atoms with van der Waals surface area (Å²) in [6.07, 6.45) is 0. The molecule has 0 saturated heterocycles. The Labute approximate surface area is 417 Å². The van der Waals surface area contributed by atoms with Gasteiger partial charge in [-0.2, -0.15) is 0 Å². The summed E-state index contributed by atoms with van der Waals surface area (Å²) in [5, 5.41) is 0. The number of hydrogen-bond donors (Lipinski definition) is 0. The summed E-state index contributed by atoms with van der Waals surface area (Å²) < 4.78 is 0. The van der Waals surface area contributed by atoms with Gasteiger partial charge in [0.1, 0.15) is 0 Å². The second-order valence-electron chi connectivity index (χ2n) is 19.6. The van der Waals surface area contributed by atoms with Crippen LogP contribution in [0.3, 0.4) is 0 Å². The van der Waals surface area contributed by atoms with Gasteiger partial charge >= 0.3 is 0 Å². The van der Waals surface area contributed by atoms with Crippen LogP contribution in [-0.2, 0) is 10.8 Å². The van der Waals surface area contributed by atoms with Gasteiger partial charge in [-0.15, -0.1) is 0 Å². The van der Waals surface area contributed by atoms with Gasteiger partial charge in [-0.3, -0.25) is 0 Å². The van der Waals surface area contributed by atoms with Gasteiger partial charge in [0.25, 0.3) is 0 Å². The summed E-state index contributed by atoms with van der Waals surface area (Å²) in [6, 6.07) is 101. The Morgan fingerprint density at radius 1 is 0.254 bits per heavy atom. The van der Waals surface area contributed by atoms with E-state index in [1.54, 1.807) is 0 Å². The molecular weight excluding hydrogens is 855 g/mol. The van der Waals surface area contributed by atoms with E-state index in [0.717, 1.165) is 17.1 Å². The number of anilines is 3. The molecule has 0 fully saturated rings. The number of hydrogen-bond acceptors (Lipinski definition) is 1. The average molecular weight is 906 g/mol. The van der Waals surface area contributed by atoms with Crippen molar-refractivity contribution in [3.8, 4) is 66.8 Å². The first-order valence-electron chi connectivity index (χ1n) is 24.8. The lowest BCUT2D eigenvalue weighted by atomic mass is 9.67. The predicted octanol–water partition coefficient (Wildman–Crippen LogP) is 18.5. The standard InChI is InChI=1S/C70H51N/c1-69(2)64-31-16-15-29-61(64)62-44-42-59(47-66(62)69)71(57-38-33-49(34-39-57)48-19-7-3-8-20-48)58-40-35-50(36-41-58)52-23-17-24-53(45-52)54-37-43-63-67(46-54)70(55-25-11-5-12-26-55,56-27-13-6-14-28-56)65-32-18-30-60(68(63)65)51-21-9-4-10-22-51/h3-47H,1-2H3. The summed E-state index contributed by atoms with van der Waals surface area (Å²) in [5.41, 5.74) is 25.5. The normalized spacial score (nSPS) is 13.4. The molecule has 0 amide bonds. The third-order valence-corrected chi connectivity index (χ3v) is 15.4. The monoisotopic (exact) mass is 905 g/mol. The van der Waals surface area contributed by atoms with Gasteiger partial charge in [-0.1, -0.05) is 238 Å². The van der Waals surface area contributed by atoms with E-state index in [2.05, 4.69) is 292 Å². The van der Waals surface area contributed by atoms with Gasteiger partial charge in [0, 0.05) is 22.5 Å². The molecule has 0 saturated carbocycles. The van der Waals surface area contributed by atoms with E-state index in [1.165, 1.54) is 100 Å². The van der Waals surface area contributed by atoms with E-state index in [-0.39, 0.29) is 5.41 Å². The Balaban J connectivity index is 0.905. The van der Waals surface area contributed by atoms with Crippen LogP contribution in [0.15, 0.2) is 273 Å². The van der Waals surface area contributed by atoms with Crippen molar-refractivity contribution in [1.29, 1.82) is 0 Å². The molecule has 0 unspecified atom stereocenters. The van der Waals surface area contributed by atoms with Gasteiger partial charge < -0.3 is 4.90 Å². The number of rotatable bonds is 9. The van der Waals surface area contributed by atoms with Crippen LogP contribution in [0.4, 0.5) is 17.1 Å². The van der Waals surface area contributed by atoms with Crippen molar-refractivity contribution in [2.45, 2.75) is 24.7 Å². The SMILES string of the molecule is CC1(C)c2ccccc2-c2ccc(N(c3ccc(-c4ccccc4)cc3)c3ccc(-c4cccc(-c5ccc6c(c5)C(c5ccccc5)(c5ccccc5)c5cccc(-c7ccccc7)c5-6)c4)cc3)cc21. The maximum atomic E-state index is 2.48. The van der Waals surface area contributed by atoms with Crippen molar-refractivity contribution < 1.29 is 0 Å². The molecule has 11 aromatic carbocycles. The van der Waals surface area contributed by atoms with E-state index in [4.69, 9.17) is 0 Å². The Hall–Kier alpha value is -8.78. The molecule has 2 aliphatic carbocycles. The Kier molecular flexibility index (Phi) is 10.1. The quantitative estimate of drug-likeness (QED) is 0.139. The third-order valence-electron chi connectivity index (χ3n) is 15.4. The molecule has 0 aliphatic heterocycles. The maximum absolute atomic E-state index is 2.48. The minimum Gasteiger partial charge on any atom is -0.310 e. The zero-order valence-electron chi connectivity index (χ0n) is 39.9. The fourth-order valence-corrected chi connectivity index (χ4v) is 12.0. The lowest BCUT2D eigenvalue weighted by molar-refractivity contribution is 0.660. The molecule has 13 rings (SSSR count). The zero-order valence-corrected chi connectivity index (χ0v) is 39.9. The van der Waals surface area contributed by atoms with E-state index in [1.807, 2.05) is 0 Å². The highest BCUT2D eigenvalue weighted by Gasteiger charge is 2.47. The molecule has 11 aromatic rings. The van der Waals surface area contributed by atoms with Crippen molar-refractivity contribution in [2.24, 2.45) is 0 Å². The summed E-state index contributed by atoms with van der Waals surface area (Å²) in [4.78, 5) is 2.41. The van der Waals surface area contributed by atoms with Crippen LogP contribution in [0.25, 0.3) is 66.8 Å². The summed E-state index contributed by atoms with van der Waals surface area (Å²) in [5.74, 6) is 0. The Bertz CT molecular complexity index is 3700. The van der Waals surface area contributed by atoms with E-state index >= 15 is 0 Å². The van der Waals surface area contributed by atoms with Crippen molar-refractivity contribution in [3.05, 3.63) is 306 Å². The van der Waals surface area contributed by atoms with E-state index in [9.17, 15) is 0 Å². The van der Waals surface area contributed by atoms with E-state index in [0.29, 0.717) is 0 Å². The summed E-state index contributed by atoms with van der Waals surface area (Å²) in [7, 11) is 0. The highest BCUT2D eigenvalue weighted by Crippen LogP contribution is 2.59. The van der Waals surface area contributed by atoms with Gasteiger partial charge in [0.15, 0.2) is 0 Å².